The number of pyridine rings is 2. The number of aromatic nitrogens is 2. The van der Waals surface area contributed by atoms with Crippen LogP contribution in [0.1, 0.15) is 6.92 Å². The number of methoxy groups -OCH3 is 1. The summed E-state index contributed by atoms with van der Waals surface area (Å²) in [7, 11) is 1.56. The van der Waals surface area contributed by atoms with Gasteiger partial charge in [0, 0.05) is 18.5 Å². The van der Waals surface area contributed by atoms with E-state index < -0.39 is 0 Å². The van der Waals surface area contributed by atoms with Gasteiger partial charge < -0.3 is 8.92 Å². The summed E-state index contributed by atoms with van der Waals surface area (Å²) in [5, 5.41) is 0.354. The molecule has 2 rings (SSSR count). The topological polar surface area (TPSA) is 53.5 Å². The average Bonchev–Trinajstić information content (AvgIpc) is 2.48. The molecule has 2 aromatic rings. The molecule has 0 saturated carbocycles. The van der Waals surface area contributed by atoms with Gasteiger partial charge in [0.1, 0.15) is 16.6 Å². The van der Waals surface area contributed by atoms with E-state index in [0.717, 1.165) is 12.3 Å². The third-order valence-electron chi connectivity index (χ3n) is 2.37. The summed E-state index contributed by atoms with van der Waals surface area (Å²) in [5.41, 5.74) is 1.31. The Labute approximate surface area is 126 Å². The van der Waals surface area contributed by atoms with Crippen LogP contribution in [-0.4, -0.2) is 23.7 Å². The molecule has 0 aromatic carbocycles. The molecule has 2 heterocycles. The largest absolute Gasteiger partial charge is 0.496 e. The third-order valence-corrected chi connectivity index (χ3v) is 3.15. The second kappa shape index (κ2) is 7.33. The van der Waals surface area contributed by atoms with Crippen molar-refractivity contribution in [2.45, 2.75) is 6.92 Å². The molecule has 106 valence electrons. The Morgan fingerprint density at radius 1 is 1.30 bits per heavy atom. The fourth-order valence-corrected chi connectivity index (χ4v) is 2.03. The summed E-state index contributed by atoms with van der Waals surface area (Å²) >= 11 is 6.76. The van der Waals surface area contributed by atoms with Crippen molar-refractivity contribution in [2.75, 3.05) is 13.7 Å². The van der Waals surface area contributed by atoms with E-state index >= 15 is 0 Å². The van der Waals surface area contributed by atoms with Crippen molar-refractivity contribution in [2.24, 2.45) is 0 Å². The number of hydrogen-bond acceptors (Lipinski definition) is 6. The molecule has 0 amide bonds. The highest BCUT2D eigenvalue weighted by Crippen LogP contribution is 2.36. The van der Waals surface area contributed by atoms with Crippen molar-refractivity contribution in [3.63, 3.8) is 0 Å². The van der Waals surface area contributed by atoms with Gasteiger partial charge in [-0.05, 0) is 19.1 Å². The van der Waals surface area contributed by atoms with Crippen LogP contribution in [0.3, 0.4) is 0 Å². The van der Waals surface area contributed by atoms with Crippen molar-refractivity contribution in [1.29, 1.82) is 0 Å². The van der Waals surface area contributed by atoms with Crippen LogP contribution in [0.25, 0.3) is 11.3 Å². The number of hydrogen-bond donors (Lipinski definition) is 0. The van der Waals surface area contributed by atoms with Crippen LogP contribution < -0.4 is 8.92 Å². The Hall–Kier alpha value is -1.50. The number of rotatable bonds is 6. The lowest BCUT2D eigenvalue weighted by Gasteiger charge is -2.11. The number of ether oxygens (including phenoxy) is 1. The zero-order chi connectivity index (χ0) is 14.4. The first-order valence-corrected chi connectivity index (χ1v) is 6.91. The molecule has 0 saturated heterocycles. The van der Waals surface area contributed by atoms with Gasteiger partial charge in [0.2, 0.25) is 12.3 Å². The van der Waals surface area contributed by atoms with Gasteiger partial charge in [0.05, 0.1) is 19.3 Å². The van der Waals surface area contributed by atoms with E-state index in [1.807, 2.05) is 6.92 Å². The summed E-state index contributed by atoms with van der Waals surface area (Å²) in [6.07, 6.45) is 3.27. The Bertz CT molecular complexity index is 583. The molecule has 0 aliphatic carbocycles. The lowest BCUT2D eigenvalue weighted by molar-refractivity contribution is 0.369. The van der Waals surface area contributed by atoms with E-state index in [0.29, 0.717) is 34.5 Å². The fraction of sp³-hybridized carbons (Fsp3) is 0.231. The molecule has 0 aliphatic heterocycles. The van der Waals surface area contributed by atoms with Crippen molar-refractivity contribution in [1.82, 2.24) is 9.97 Å². The Morgan fingerprint density at radius 3 is 2.90 bits per heavy atom. The highest BCUT2D eigenvalue weighted by atomic mass is 35.5. The Morgan fingerprint density at radius 2 is 2.15 bits per heavy atom. The van der Waals surface area contributed by atoms with Crippen LogP contribution in [-0.2, 0) is 4.18 Å². The second-order valence-electron chi connectivity index (χ2n) is 3.62. The average molecular weight is 313 g/mol. The van der Waals surface area contributed by atoms with Crippen LogP contribution in [0.4, 0.5) is 0 Å². The molecule has 5 nitrogen and oxygen atoms in total. The van der Waals surface area contributed by atoms with Gasteiger partial charge in [0.25, 0.3) is 0 Å². The lowest BCUT2D eigenvalue weighted by atomic mass is 10.1. The van der Waals surface area contributed by atoms with E-state index in [1.54, 1.807) is 37.7 Å². The Kier molecular flexibility index (Phi) is 5.46. The zero-order valence-corrected chi connectivity index (χ0v) is 12.6. The molecular weight excluding hydrogens is 300 g/mol. The second-order valence-corrected chi connectivity index (χ2v) is 4.54. The predicted octanol–water partition coefficient (Wildman–Crippen LogP) is 3.78. The van der Waals surface area contributed by atoms with Crippen molar-refractivity contribution < 1.29 is 13.1 Å². The van der Waals surface area contributed by atoms with E-state index in [-0.39, 0.29) is 0 Å². The smallest absolute Gasteiger partial charge is 0.225 e. The maximum atomic E-state index is 5.86. The minimum Gasteiger partial charge on any atom is -0.496 e. The van der Waals surface area contributed by atoms with Crippen molar-refractivity contribution in [3.8, 4) is 22.8 Å². The van der Waals surface area contributed by atoms with E-state index in [9.17, 15) is 0 Å². The molecule has 0 radical (unpaired) electrons. The zero-order valence-electron chi connectivity index (χ0n) is 11.0. The summed E-state index contributed by atoms with van der Waals surface area (Å²) in [5.74, 6) is 1.14. The highest BCUT2D eigenvalue weighted by molar-refractivity contribution is 7.90. The fourth-order valence-electron chi connectivity index (χ4n) is 1.53. The van der Waals surface area contributed by atoms with Crippen LogP contribution in [0, 0.1) is 0 Å². The minimum absolute atomic E-state index is 0.354. The lowest BCUT2D eigenvalue weighted by Crippen LogP contribution is -1.95. The van der Waals surface area contributed by atoms with Crippen molar-refractivity contribution in [3.05, 3.63) is 35.7 Å². The highest BCUT2D eigenvalue weighted by Gasteiger charge is 2.14. The monoisotopic (exact) mass is 312 g/mol. The van der Waals surface area contributed by atoms with Gasteiger partial charge >= 0.3 is 0 Å². The SMILES string of the molecule is CCOSOc1cccnc1-c1cnc(Cl)cc1OC. The molecule has 0 N–H and O–H groups in total. The van der Waals surface area contributed by atoms with Crippen LogP contribution >= 0.6 is 23.9 Å². The van der Waals surface area contributed by atoms with Crippen molar-refractivity contribution >= 4 is 23.9 Å². The van der Waals surface area contributed by atoms with Gasteiger partial charge in [-0.25, -0.2) is 4.98 Å². The molecule has 0 spiro atoms. The maximum Gasteiger partial charge on any atom is 0.225 e. The predicted molar refractivity (Wildman–Crippen MR) is 78.9 cm³/mol. The molecule has 7 heteroatoms. The van der Waals surface area contributed by atoms with E-state index in [1.165, 1.54) is 0 Å². The van der Waals surface area contributed by atoms with Gasteiger partial charge in [-0.1, -0.05) is 11.6 Å². The molecule has 2 aromatic heterocycles. The molecule has 0 bridgehead atoms. The van der Waals surface area contributed by atoms with Gasteiger partial charge in [-0.3, -0.25) is 9.17 Å². The normalized spacial score (nSPS) is 10.3. The van der Waals surface area contributed by atoms with Gasteiger partial charge in [-0.15, -0.1) is 0 Å². The van der Waals surface area contributed by atoms with Crippen LogP contribution in [0.5, 0.6) is 11.5 Å². The number of nitrogens with zero attached hydrogens (tertiary/aromatic N) is 2. The standard InChI is InChI=1S/C13H13ClN2O3S/c1-3-18-20-19-10-5-4-6-15-13(10)9-8-16-12(14)7-11(9)17-2/h4-8H,3H2,1-2H3. The molecule has 0 atom stereocenters. The maximum absolute atomic E-state index is 5.86. The quantitative estimate of drug-likeness (QED) is 0.459. The molecule has 0 fully saturated rings. The van der Waals surface area contributed by atoms with E-state index in [2.05, 4.69) is 9.97 Å². The van der Waals surface area contributed by atoms with Crippen LogP contribution in [0.2, 0.25) is 5.15 Å². The summed E-state index contributed by atoms with van der Waals surface area (Å²) in [4.78, 5) is 8.36. The molecule has 0 aliphatic rings. The first kappa shape index (κ1) is 14.9. The van der Waals surface area contributed by atoms with Gasteiger partial charge in [0.15, 0.2) is 5.75 Å². The molecular formula is C13H13ClN2O3S. The summed E-state index contributed by atoms with van der Waals surface area (Å²) in [6.45, 7) is 2.43. The molecule has 20 heavy (non-hydrogen) atoms. The van der Waals surface area contributed by atoms with E-state index in [4.69, 9.17) is 24.7 Å². The third kappa shape index (κ3) is 3.53. The summed E-state index contributed by atoms with van der Waals surface area (Å²) in [6, 6.07) is 5.20. The minimum atomic E-state index is 0.354. The summed E-state index contributed by atoms with van der Waals surface area (Å²) < 4.78 is 15.9. The van der Waals surface area contributed by atoms with Gasteiger partial charge in [-0.2, -0.15) is 0 Å². The first-order valence-electron chi connectivity index (χ1n) is 5.87. The number of halogens is 1. The Balaban J connectivity index is 2.37. The first-order chi connectivity index (χ1) is 9.76. The molecule has 0 unspecified atom stereocenters. The van der Waals surface area contributed by atoms with Crippen LogP contribution in [0.15, 0.2) is 30.6 Å².